The van der Waals surface area contributed by atoms with Crippen molar-refractivity contribution in [2.75, 3.05) is 13.2 Å². The minimum atomic E-state index is -0.858. The van der Waals surface area contributed by atoms with Crippen LogP contribution in [0.1, 0.15) is 48.0 Å². The van der Waals surface area contributed by atoms with Crippen LogP contribution in [0.5, 0.6) is 0 Å². The molecular weight excluding hydrogens is 204 g/mol. The van der Waals surface area contributed by atoms with Gasteiger partial charge in [0, 0.05) is 0 Å². The summed E-state index contributed by atoms with van der Waals surface area (Å²) in [6, 6.07) is 0. The van der Waals surface area contributed by atoms with Crippen LogP contribution >= 0.6 is 0 Å². The van der Waals surface area contributed by atoms with Gasteiger partial charge in [0.2, 0.25) is 0 Å². The average Bonchev–Trinajstić information content (AvgIpc) is 2.11. The van der Waals surface area contributed by atoms with Crippen LogP contribution in [0.15, 0.2) is 0 Å². The molecule has 0 aliphatic heterocycles. The van der Waals surface area contributed by atoms with Crippen LogP contribution in [0.3, 0.4) is 0 Å². The summed E-state index contributed by atoms with van der Waals surface area (Å²) in [4.78, 5) is 0. The molecule has 0 saturated heterocycles. The Hall–Kier alpha value is -0.120. The van der Waals surface area contributed by atoms with Crippen molar-refractivity contribution in [3.05, 3.63) is 0 Å². The van der Waals surface area contributed by atoms with E-state index in [0.717, 1.165) is 0 Å². The summed E-state index contributed by atoms with van der Waals surface area (Å²) in [5.74, 6) is 0.427. The highest BCUT2D eigenvalue weighted by Crippen LogP contribution is 2.19. The third kappa shape index (κ3) is 8.08. The lowest BCUT2D eigenvalue weighted by atomic mass is 9.94. The van der Waals surface area contributed by atoms with Crippen molar-refractivity contribution >= 4 is 0 Å². The van der Waals surface area contributed by atoms with Crippen LogP contribution < -0.4 is 0 Å². The summed E-state index contributed by atoms with van der Waals surface area (Å²) in [6.07, 6.45) is 0.974. The van der Waals surface area contributed by atoms with Gasteiger partial charge in [0.15, 0.2) is 0 Å². The summed E-state index contributed by atoms with van der Waals surface area (Å²) in [5.41, 5.74) is -0.858. The quantitative estimate of drug-likeness (QED) is 0.699. The molecule has 0 aliphatic carbocycles. The lowest BCUT2D eigenvalue weighted by molar-refractivity contribution is -0.124. The van der Waals surface area contributed by atoms with Crippen LogP contribution in [0.2, 0.25) is 0 Å². The summed E-state index contributed by atoms with van der Waals surface area (Å²) in [7, 11) is 0. The first-order chi connectivity index (χ1) is 7.25. The van der Waals surface area contributed by atoms with Crippen LogP contribution in [0.25, 0.3) is 0 Å². The minimum Gasteiger partial charge on any atom is -0.385 e. The van der Waals surface area contributed by atoms with E-state index in [0.29, 0.717) is 25.6 Å². The molecule has 0 saturated carbocycles. The van der Waals surface area contributed by atoms with Gasteiger partial charge in [-0.05, 0) is 40.0 Å². The van der Waals surface area contributed by atoms with Crippen molar-refractivity contribution in [1.29, 1.82) is 0 Å². The Morgan fingerprint density at radius 1 is 0.875 bits per heavy atom. The highest BCUT2D eigenvalue weighted by molar-refractivity contribution is 4.80. The van der Waals surface area contributed by atoms with E-state index in [1.165, 1.54) is 0 Å². The van der Waals surface area contributed by atoms with E-state index < -0.39 is 5.60 Å². The van der Waals surface area contributed by atoms with Crippen molar-refractivity contribution in [3.63, 3.8) is 0 Å². The first-order valence-corrected chi connectivity index (χ1v) is 6.21. The molecule has 0 aromatic carbocycles. The molecule has 0 radical (unpaired) electrons. The van der Waals surface area contributed by atoms with Gasteiger partial charge in [-0.3, -0.25) is 0 Å². The normalized spacial score (nSPS) is 13.1. The third-order valence-corrected chi connectivity index (χ3v) is 2.16. The number of rotatable bonds is 8. The van der Waals surface area contributed by atoms with Crippen molar-refractivity contribution in [2.45, 2.75) is 65.8 Å². The zero-order valence-corrected chi connectivity index (χ0v) is 11.6. The zero-order valence-electron chi connectivity index (χ0n) is 11.6. The van der Waals surface area contributed by atoms with Gasteiger partial charge < -0.3 is 14.6 Å². The lowest BCUT2D eigenvalue weighted by Gasteiger charge is -2.31. The fraction of sp³-hybridized carbons (Fsp3) is 1.00. The Kier molecular flexibility index (Phi) is 7.20. The Morgan fingerprint density at radius 3 is 1.50 bits per heavy atom. The van der Waals surface area contributed by atoms with Crippen molar-refractivity contribution in [2.24, 2.45) is 5.92 Å². The molecule has 0 aromatic rings. The van der Waals surface area contributed by atoms with Crippen molar-refractivity contribution < 1.29 is 14.6 Å². The summed E-state index contributed by atoms with van der Waals surface area (Å²) >= 11 is 0. The van der Waals surface area contributed by atoms with E-state index in [4.69, 9.17) is 9.47 Å². The standard InChI is InChI=1S/C13H28O3/c1-10(2)7-13(14,8-15-11(3)4)9-16-12(5)6/h10-12,14H,7-9H2,1-6H3. The fourth-order valence-electron chi connectivity index (χ4n) is 1.56. The Bertz CT molecular complexity index is 164. The molecule has 3 heteroatoms. The Balaban J connectivity index is 4.23. The maximum atomic E-state index is 10.4. The zero-order chi connectivity index (χ0) is 12.8. The summed E-state index contributed by atoms with van der Waals surface area (Å²) in [6.45, 7) is 12.8. The molecule has 3 nitrogen and oxygen atoms in total. The van der Waals surface area contributed by atoms with Gasteiger partial charge in [-0.1, -0.05) is 13.8 Å². The first kappa shape index (κ1) is 15.9. The van der Waals surface area contributed by atoms with Gasteiger partial charge in [-0.2, -0.15) is 0 Å². The molecule has 0 heterocycles. The van der Waals surface area contributed by atoms with Gasteiger partial charge in [0.25, 0.3) is 0 Å². The summed E-state index contributed by atoms with van der Waals surface area (Å²) < 4.78 is 11.0. The second kappa shape index (κ2) is 7.25. The molecule has 0 rings (SSSR count). The molecule has 0 spiro atoms. The molecule has 16 heavy (non-hydrogen) atoms. The highest BCUT2D eigenvalue weighted by Gasteiger charge is 2.29. The van der Waals surface area contributed by atoms with Crippen LogP contribution in [0.4, 0.5) is 0 Å². The van der Waals surface area contributed by atoms with Crippen LogP contribution in [0, 0.1) is 5.92 Å². The van der Waals surface area contributed by atoms with Gasteiger partial charge in [0.05, 0.1) is 25.4 Å². The number of hydrogen-bond acceptors (Lipinski definition) is 3. The molecule has 0 fully saturated rings. The molecule has 0 unspecified atom stereocenters. The van der Waals surface area contributed by atoms with E-state index in [9.17, 15) is 5.11 Å². The number of hydrogen-bond donors (Lipinski definition) is 1. The number of ether oxygens (including phenoxy) is 2. The second-order valence-electron chi connectivity index (χ2n) is 5.54. The Morgan fingerprint density at radius 2 is 1.25 bits per heavy atom. The van der Waals surface area contributed by atoms with Gasteiger partial charge in [-0.25, -0.2) is 0 Å². The van der Waals surface area contributed by atoms with E-state index in [-0.39, 0.29) is 12.2 Å². The lowest BCUT2D eigenvalue weighted by Crippen LogP contribution is -2.42. The largest absolute Gasteiger partial charge is 0.385 e. The predicted molar refractivity (Wildman–Crippen MR) is 66.6 cm³/mol. The highest BCUT2D eigenvalue weighted by atomic mass is 16.5. The topological polar surface area (TPSA) is 38.7 Å². The molecule has 98 valence electrons. The molecular formula is C13H28O3. The van der Waals surface area contributed by atoms with Crippen molar-refractivity contribution in [3.8, 4) is 0 Å². The Labute approximate surface area is 100 Å². The smallest absolute Gasteiger partial charge is 0.111 e. The van der Waals surface area contributed by atoms with E-state index >= 15 is 0 Å². The fourth-order valence-corrected chi connectivity index (χ4v) is 1.56. The van der Waals surface area contributed by atoms with Crippen LogP contribution in [-0.4, -0.2) is 36.1 Å². The molecule has 0 amide bonds. The SMILES string of the molecule is CC(C)CC(O)(COC(C)C)COC(C)C. The first-order valence-electron chi connectivity index (χ1n) is 6.21. The molecule has 0 aliphatic rings. The maximum absolute atomic E-state index is 10.4. The van der Waals surface area contributed by atoms with Gasteiger partial charge in [-0.15, -0.1) is 0 Å². The van der Waals surface area contributed by atoms with E-state index in [1.54, 1.807) is 0 Å². The minimum absolute atomic E-state index is 0.137. The molecule has 0 aromatic heterocycles. The van der Waals surface area contributed by atoms with E-state index in [2.05, 4.69) is 13.8 Å². The van der Waals surface area contributed by atoms with Crippen LogP contribution in [-0.2, 0) is 9.47 Å². The van der Waals surface area contributed by atoms with Gasteiger partial charge in [0.1, 0.15) is 5.60 Å². The summed E-state index contributed by atoms with van der Waals surface area (Å²) in [5, 5.41) is 10.4. The molecule has 0 bridgehead atoms. The van der Waals surface area contributed by atoms with Gasteiger partial charge >= 0.3 is 0 Å². The van der Waals surface area contributed by atoms with E-state index in [1.807, 2.05) is 27.7 Å². The molecule has 0 atom stereocenters. The monoisotopic (exact) mass is 232 g/mol. The van der Waals surface area contributed by atoms with Crippen molar-refractivity contribution in [1.82, 2.24) is 0 Å². The molecule has 1 N–H and O–H groups in total. The average molecular weight is 232 g/mol. The third-order valence-electron chi connectivity index (χ3n) is 2.16. The predicted octanol–water partition coefficient (Wildman–Crippen LogP) is 2.61. The second-order valence-corrected chi connectivity index (χ2v) is 5.54. The number of aliphatic hydroxyl groups is 1. The maximum Gasteiger partial charge on any atom is 0.111 e.